The minimum atomic E-state index is -0.332. The average Bonchev–Trinajstić information content (AvgIpc) is 3.02. The number of rotatable bonds is 8. The van der Waals surface area contributed by atoms with Gasteiger partial charge in [-0.2, -0.15) is 0 Å². The van der Waals surface area contributed by atoms with Gasteiger partial charge in [-0.15, -0.1) is 0 Å². The van der Waals surface area contributed by atoms with E-state index in [1.807, 2.05) is 0 Å². The minimum Gasteiger partial charge on any atom is -0.482 e. The van der Waals surface area contributed by atoms with Gasteiger partial charge in [-0.3, -0.25) is 4.79 Å². The van der Waals surface area contributed by atoms with Crippen LogP contribution in [0.4, 0.5) is 0 Å². The lowest BCUT2D eigenvalue weighted by Crippen LogP contribution is -2.41. The van der Waals surface area contributed by atoms with Gasteiger partial charge in [-0.25, -0.2) is 0 Å². The first-order valence-electron chi connectivity index (χ1n) is 7.94. The SMILES string of the molecule is CC(C)CC(CN)NC(=O)c1cc(COc2c(Cl)cccc2Cl)on1. The van der Waals surface area contributed by atoms with Crippen LogP contribution in [0, 0.1) is 5.92 Å². The number of benzene rings is 1. The van der Waals surface area contributed by atoms with Crippen molar-refractivity contribution in [3.05, 3.63) is 45.8 Å². The van der Waals surface area contributed by atoms with E-state index in [-0.39, 0.29) is 24.2 Å². The van der Waals surface area contributed by atoms with Crippen molar-refractivity contribution in [2.75, 3.05) is 6.54 Å². The summed E-state index contributed by atoms with van der Waals surface area (Å²) in [6.45, 7) is 4.55. The fourth-order valence-electron chi connectivity index (χ4n) is 2.29. The third-order valence-corrected chi connectivity index (χ3v) is 4.04. The zero-order chi connectivity index (χ0) is 18.4. The number of carbonyl (C=O) groups is 1. The Hall–Kier alpha value is -1.76. The van der Waals surface area contributed by atoms with E-state index in [9.17, 15) is 4.79 Å². The van der Waals surface area contributed by atoms with Gasteiger partial charge in [-0.05, 0) is 24.5 Å². The van der Waals surface area contributed by atoms with Crippen molar-refractivity contribution in [3.63, 3.8) is 0 Å². The molecule has 0 aliphatic rings. The number of hydrogen-bond acceptors (Lipinski definition) is 5. The maximum absolute atomic E-state index is 12.2. The fraction of sp³-hybridized carbons (Fsp3) is 0.412. The van der Waals surface area contributed by atoms with Crippen molar-refractivity contribution in [1.29, 1.82) is 0 Å². The largest absolute Gasteiger partial charge is 0.482 e. The number of nitrogens with one attached hydrogen (secondary N) is 1. The predicted octanol–water partition coefficient (Wildman–Crippen LogP) is 3.66. The highest BCUT2D eigenvalue weighted by Crippen LogP contribution is 2.32. The second kappa shape index (κ2) is 9.08. The first-order valence-corrected chi connectivity index (χ1v) is 8.69. The standard InChI is InChI=1S/C17H21Cl2N3O3/c1-10(2)6-11(8-20)21-17(23)15-7-12(25-22-15)9-24-16-13(18)4-3-5-14(16)19/h3-5,7,10-11H,6,8-9,20H2,1-2H3,(H,21,23). The Kier molecular flexibility index (Phi) is 7.11. The molecule has 136 valence electrons. The minimum absolute atomic E-state index is 0.0516. The molecule has 1 heterocycles. The summed E-state index contributed by atoms with van der Waals surface area (Å²) in [4.78, 5) is 12.2. The highest BCUT2D eigenvalue weighted by atomic mass is 35.5. The van der Waals surface area contributed by atoms with Crippen LogP contribution >= 0.6 is 23.2 Å². The molecular weight excluding hydrogens is 365 g/mol. The molecule has 2 rings (SSSR count). The quantitative estimate of drug-likeness (QED) is 0.723. The van der Waals surface area contributed by atoms with Crippen LogP contribution < -0.4 is 15.8 Å². The number of halogens is 2. The molecule has 0 radical (unpaired) electrons. The van der Waals surface area contributed by atoms with Crippen molar-refractivity contribution >= 4 is 29.1 Å². The molecule has 1 atom stereocenters. The molecule has 0 saturated carbocycles. The summed E-state index contributed by atoms with van der Waals surface area (Å²) in [7, 11) is 0. The lowest BCUT2D eigenvalue weighted by molar-refractivity contribution is 0.0924. The number of hydrogen-bond donors (Lipinski definition) is 2. The topological polar surface area (TPSA) is 90.4 Å². The third kappa shape index (κ3) is 5.63. The Bertz CT molecular complexity index is 699. The Morgan fingerprint density at radius 1 is 1.36 bits per heavy atom. The average molecular weight is 386 g/mol. The van der Waals surface area contributed by atoms with E-state index in [1.165, 1.54) is 6.07 Å². The van der Waals surface area contributed by atoms with Gasteiger partial charge in [0.05, 0.1) is 10.0 Å². The van der Waals surface area contributed by atoms with Gasteiger partial charge in [0.25, 0.3) is 5.91 Å². The van der Waals surface area contributed by atoms with Crippen LogP contribution in [0.1, 0.15) is 36.5 Å². The Morgan fingerprint density at radius 2 is 2.04 bits per heavy atom. The molecule has 0 aliphatic heterocycles. The molecule has 1 aromatic heterocycles. The van der Waals surface area contributed by atoms with Crippen LogP contribution in [-0.2, 0) is 6.61 Å². The first-order chi connectivity index (χ1) is 11.9. The van der Waals surface area contributed by atoms with E-state index in [1.54, 1.807) is 18.2 Å². The lowest BCUT2D eigenvalue weighted by atomic mass is 10.0. The van der Waals surface area contributed by atoms with Gasteiger partial charge in [0.1, 0.15) is 6.61 Å². The molecule has 0 bridgehead atoms. The number of carbonyl (C=O) groups excluding carboxylic acids is 1. The second-order valence-electron chi connectivity index (χ2n) is 6.05. The number of nitrogens with two attached hydrogens (primary N) is 1. The summed E-state index contributed by atoms with van der Waals surface area (Å²) in [5.41, 5.74) is 5.86. The molecule has 3 N–H and O–H groups in total. The molecule has 6 nitrogen and oxygen atoms in total. The van der Waals surface area contributed by atoms with Gasteiger partial charge in [0, 0.05) is 18.7 Å². The Morgan fingerprint density at radius 3 is 2.64 bits per heavy atom. The van der Waals surface area contributed by atoms with Crippen LogP contribution in [0.3, 0.4) is 0 Å². The van der Waals surface area contributed by atoms with Crippen LogP contribution in [0.15, 0.2) is 28.8 Å². The van der Waals surface area contributed by atoms with Crippen molar-refractivity contribution < 1.29 is 14.1 Å². The molecule has 1 unspecified atom stereocenters. The predicted molar refractivity (Wildman–Crippen MR) is 97.1 cm³/mol. The van der Waals surface area contributed by atoms with Gasteiger partial charge >= 0.3 is 0 Å². The number of amides is 1. The summed E-state index contributed by atoms with van der Waals surface area (Å²) in [5, 5.41) is 7.40. The highest BCUT2D eigenvalue weighted by Gasteiger charge is 2.18. The summed E-state index contributed by atoms with van der Waals surface area (Å²) in [5.74, 6) is 0.833. The molecule has 0 fully saturated rings. The smallest absolute Gasteiger partial charge is 0.273 e. The highest BCUT2D eigenvalue weighted by molar-refractivity contribution is 6.37. The molecule has 0 saturated heterocycles. The van der Waals surface area contributed by atoms with Crippen molar-refractivity contribution in [2.45, 2.75) is 32.9 Å². The van der Waals surface area contributed by atoms with Crippen LogP contribution in [-0.4, -0.2) is 23.7 Å². The molecular formula is C17H21Cl2N3O3. The van der Waals surface area contributed by atoms with Crippen LogP contribution in [0.25, 0.3) is 0 Å². The first kappa shape index (κ1) is 19.6. The number of aromatic nitrogens is 1. The molecule has 1 aromatic carbocycles. The van der Waals surface area contributed by atoms with E-state index in [2.05, 4.69) is 24.3 Å². The van der Waals surface area contributed by atoms with E-state index in [4.69, 9.17) is 38.2 Å². The van der Waals surface area contributed by atoms with Crippen LogP contribution in [0.5, 0.6) is 5.75 Å². The van der Waals surface area contributed by atoms with Crippen molar-refractivity contribution in [3.8, 4) is 5.75 Å². The van der Waals surface area contributed by atoms with E-state index in [0.29, 0.717) is 34.0 Å². The molecule has 0 spiro atoms. The number of ether oxygens (including phenoxy) is 1. The second-order valence-corrected chi connectivity index (χ2v) is 6.87. The van der Waals surface area contributed by atoms with Gasteiger partial charge in [0.2, 0.25) is 0 Å². The maximum Gasteiger partial charge on any atom is 0.273 e. The van der Waals surface area contributed by atoms with Gasteiger partial charge in [0.15, 0.2) is 17.2 Å². The monoisotopic (exact) mass is 385 g/mol. The molecule has 2 aromatic rings. The zero-order valence-electron chi connectivity index (χ0n) is 14.1. The summed E-state index contributed by atoms with van der Waals surface area (Å²) in [6, 6.07) is 6.47. The third-order valence-electron chi connectivity index (χ3n) is 3.44. The Balaban J connectivity index is 1.96. The Labute approximate surface area is 156 Å². The van der Waals surface area contributed by atoms with E-state index >= 15 is 0 Å². The summed E-state index contributed by atoms with van der Waals surface area (Å²) < 4.78 is 10.7. The van der Waals surface area contributed by atoms with Crippen LogP contribution in [0.2, 0.25) is 10.0 Å². The number of para-hydroxylation sites is 1. The van der Waals surface area contributed by atoms with E-state index in [0.717, 1.165) is 6.42 Å². The fourth-order valence-corrected chi connectivity index (χ4v) is 2.80. The van der Waals surface area contributed by atoms with Gasteiger partial charge < -0.3 is 20.3 Å². The van der Waals surface area contributed by atoms with Gasteiger partial charge in [-0.1, -0.05) is 48.3 Å². The van der Waals surface area contributed by atoms with Crippen molar-refractivity contribution in [2.24, 2.45) is 11.7 Å². The molecule has 0 aliphatic carbocycles. The number of nitrogens with zero attached hydrogens (tertiary/aromatic N) is 1. The normalized spacial score (nSPS) is 12.2. The summed E-state index contributed by atoms with van der Waals surface area (Å²) >= 11 is 12.1. The molecule has 1 amide bonds. The molecule has 8 heteroatoms. The molecule has 25 heavy (non-hydrogen) atoms. The lowest BCUT2D eigenvalue weighted by Gasteiger charge is -2.17. The zero-order valence-corrected chi connectivity index (χ0v) is 15.6. The van der Waals surface area contributed by atoms with Crippen molar-refractivity contribution in [1.82, 2.24) is 10.5 Å². The van der Waals surface area contributed by atoms with E-state index < -0.39 is 0 Å². The maximum atomic E-state index is 12.2. The summed E-state index contributed by atoms with van der Waals surface area (Å²) in [6.07, 6.45) is 0.793.